The molecule has 3 heterocycles. The minimum Gasteiger partial charge on any atom is -0.489 e. The number of carbonyl (C=O) groups is 1. The van der Waals surface area contributed by atoms with Crippen LogP contribution in [0.1, 0.15) is 27.3 Å². The van der Waals surface area contributed by atoms with Crippen LogP contribution in [0.4, 0.5) is 8.78 Å². The molecule has 0 aliphatic carbocycles. The van der Waals surface area contributed by atoms with Crippen molar-refractivity contribution in [2.24, 2.45) is 14.1 Å². The molecule has 0 amide bonds. The number of carbonyl (C=O) groups excluding carboxylic acids is 1. The SMILES string of the molecule is COCCOc1cc(C(=O)OC)cc2c1nc(Cc1cc(F)c(-c3cccc(OCc4ccc(=O)n(C)c4)n3)cc1F)n2C. The predicted octanol–water partition coefficient (Wildman–Crippen LogP) is 4.59. The summed E-state index contributed by atoms with van der Waals surface area (Å²) in [5.41, 5.74) is 2.14. The van der Waals surface area contributed by atoms with Gasteiger partial charge < -0.3 is 28.1 Å². The number of aryl methyl sites for hydroxylation is 2. The molecule has 0 saturated carbocycles. The molecule has 5 rings (SSSR count). The first kappa shape index (κ1) is 30.4. The largest absolute Gasteiger partial charge is 0.489 e. The number of pyridine rings is 2. The van der Waals surface area contributed by atoms with Crippen LogP contribution in [-0.2, 0) is 36.6 Å². The average Bonchev–Trinajstić information content (AvgIpc) is 3.33. The number of halogens is 2. The number of fused-ring (bicyclic) bond motifs is 1. The van der Waals surface area contributed by atoms with Crippen molar-refractivity contribution in [1.82, 2.24) is 19.1 Å². The number of rotatable bonds is 11. The second-order valence-corrected chi connectivity index (χ2v) is 10.00. The van der Waals surface area contributed by atoms with E-state index in [1.807, 2.05) is 0 Å². The normalized spacial score (nSPS) is 11.1. The third kappa shape index (κ3) is 6.45. The molecule has 12 heteroatoms. The summed E-state index contributed by atoms with van der Waals surface area (Å²) in [4.78, 5) is 32.9. The van der Waals surface area contributed by atoms with Crippen molar-refractivity contribution in [3.05, 3.63) is 105 Å². The molecular formula is C32H30F2N4O6. The zero-order chi connectivity index (χ0) is 31.4. The molecule has 0 bridgehead atoms. The van der Waals surface area contributed by atoms with E-state index in [0.29, 0.717) is 29.2 Å². The molecule has 0 unspecified atom stereocenters. The topological polar surface area (TPSA) is 107 Å². The minimum absolute atomic E-state index is 0.0274. The second-order valence-electron chi connectivity index (χ2n) is 10.00. The molecule has 0 saturated heterocycles. The van der Waals surface area contributed by atoms with Gasteiger partial charge in [-0.1, -0.05) is 6.07 Å². The number of benzene rings is 2. The highest BCUT2D eigenvalue weighted by molar-refractivity contribution is 5.96. The van der Waals surface area contributed by atoms with Crippen molar-refractivity contribution in [2.75, 3.05) is 27.4 Å². The van der Waals surface area contributed by atoms with E-state index in [4.69, 9.17) is 18.9 Å². The lowest BCUT2D eigenvalue weighted by molar-refractivity contribution is 0.0600. The van der Waals surface area contributed by atoms with Gasteiger partial charge in [0.1, 0.15) is 41.9 Å². The van der Waals surface area contributed by atoms with E-state index < -0.39 is 17.6 Å². The monoisotopic (exact) mass is 604 g/mol. The van der Waals surface area contributed by atoms with Crippen LogP contribution in [0.15, 0.2) is 65.6 Å². The Hall–Kier alpha value is -5.10. The molecule has 3 aromatic heterocycles. The first-order valence-corrected chi connectivity index (χ1v) is 13.6. The van der Waals surface area contributed by atoms with E-state index in [0.717, 1.165) is 17.7 Å². The van der Waals surface area contributed by atoms with Gasteiger partial charge in [-0.25, -0.2) is 23.5 Å². The van der Waals surface area contributed by atoms with E-state index in [-0.39, 0.29) is 53.5 Å². The number of methoxy groups -OCH3 is 2. The van der Waals surface area contributed by atoms with Crippen LogP contribution in [0.5, 0.6) is 11.6 Å². The van der Waals surface area contributed by atoms with E-state index in [2.05, 4.69) is 9.97 Å². The summed E-state index contributed by atoms with van der Waals surface area (Å²) >= 11 is 0. The predicted molar refractivity (Wildman–Crippen MR) is 158 cm³/mol. The highest BCUT2D eigenvalue weighted by atomic mass is 19.1. The number of hydrogen-bond donors (Lipinski definition) is 0. The Labute approximate surface area is 251 Å². The maximum Gasteiger partial charge on any atom is 0.338 e. The summed E-state index contributed by atoms with van der Waals surface area (Å²) in [6.07, 6.45) is 1.62. The Morgan fingerprint density at radius 3 is 2.50 bits per heavy atom. The highest BCUT2D eigenvalue weighted by Crippen LogP contribution is 2.31. The van der Waals surface area contributed by atoms with Crippen LogP contribution in [0.25, 0.3) is 22.3 Å². The molecule has 5 aromatic rings. The Balaban J connectivity index is 1.41. The van der Waals surface area contributed by atoms with Crippen LogP contribution in [0.3, 0.4) is 0 Å². The van der Waals surface area contributed by atoms with E-state index in [1.165, 1.54) is 23.8 Å². The quantitative estimate of drug-likeness (QED) is 0.159. The number of hydrogen-bond acceptors (Lipinski definition) is 8. The maximum atomic E-state index is 15.4. The van der Waals surface area contributed by atoms with Gasteiger partial charge in [-0.2, -0.15) is 0 Å². The first-order chi connectivity index (χ1) is 21.2. The molecule has 0 radical (unpaired) electrons. The van der Waals surface area contributed by atoms with Gasteiger partial charge in [-0.05, 0) is 42.0 Å². The number of ether oxygens (including phenoxy) is 4. The molecule has 0 aliphatic heterocycles. The van der Waals surface area contributed by atoms with Crippen molar-refractivity contribution in [2.45, 2.75) is 13.0 Å². The molecule has 0 N–H and O–H groups in total. The molecule has 0 aliphatic rings. The molecule has 0 fully saturated rings. The second kappa shape index (κ2) is 13.0. The third-order valence-corrected chi connectivity index (χ3v) is 7.03. The summed E-state index contributed by atoms with van der Waals surface area (Å²) < 4.78 is 55.5. The third-order valence-electron chi connectivity index (χ3n) is 7.03. The van der Waals surface area contributed by atoms with Crippen molar-refractivity contribution in [3.63, 3.8) is 0 Å². The van der Waals surface area contributed by atoms with Crippen molar-refractivity contribution >= 4 is 17.0 Å². The summed E-state index contributed by atoms with van der Waals surface area (Å²) in [6.45, 7) is 0.676. The lowest BCUT2D eigenvalue weighted by atomic mass is 10.0. The summed E-state index contributed by atoms with van der Waals surface area (Å²) in [5, 5.41) is 0. The molecule has 0 spiro atoms. The molecule has 0 atom stereocenters. The molecule has 2 aromatic carbocycles. The minimum atomic E-state index is -0.667. The maximum absolute atomic E-state index is 15.4. The number of nitrogens with zero attached hydrogens (tertiary/aromatic N) is 4. The van der Waals surface area contributed by atoms with Gasteiger partial charge in [0.05, 0.1) is 30.5 Å². The summed E-state index contributed by atoms with van der Waals surface area (Å²) in [5.74, 6) is -0.872. The fraction of sp³-hybridized carbons (Fsp3) is 0.250. The summed E-state index contributed by atoms with van der Waals surface area (Å²) in [7, 11) is 6.18. The Kier molecular flexibility index (Phi) is 9.00. The number of esters is 1. The molecule has 44 heavy (non-hydrogen) atoms. The van der Waals surface area contributed by atoms with E-state index in [9.17, 15) is 9.59 Å². The summed E-state index contributed by atoms with van der Waals surface area (Å²) in [6, 6.07) is 13.3. The average molecular weight is 605 g/mol. The fourth-order valence-electron chi connectivity index (χ4n) is 4.67. The van der Waals surface area contributed by atoms with Crippen molar-refractivity contribution < 1.29 is 32.5 Å². The van der Waals surface area contributed by atoms with Crippen LogP contribution in [0, 0.1) is 11.6 Å². The van der Waals surface area contributed by atoms with Crippen LogP contribution in [-0.4, -0.2) is 52.5 Å². The Morgan fingerprint density at radius 1 is 0.932 bits per heavy atom. The standard InChI is InChI=1S/C32H30F2N4O6/c1-37-17-19(8-9-30(37)39)18-44-29-7-5-6-25(35-29)22-16-23(33)20(12-24(22)34)15-28-36-31-26(38(28)2)13-21(32(40)42-4)14-27(31)43-11-10-41-3/h5-9,12-14,16-17H,10-11,15,18H2,1-4H3. The van der Waals surface area contributed by atoms with Gasteiger partial charge in [-0.15, -0.1) is 0 Å². The van der Waals surface area contributed by atoms with E-state index in [1.54, 1.807) is 62.3 Å². The highest BCUT2D eigenvalue weighted by Gasteiger charge is 2.20. The lowest BCUT2D eigenvalue weighted by Crippen LogP contribution is -2.15. The van der Waals surface area contributed by atoms with Gasteiger partial charge in [0.2, 0.25) is 11.4 Å². The van der Waals surface area contributed by atoms with Crippen LogP contribution < -0.4 is 15.0 Å². The molecule has 10 nitrogen and oxygen atoms in total. The lowest BCUT2D eigenvalue weighted by Gasteiger charge is -2.11. The van der Waals surface area contributed by atoms with Gasteiger partial charge in [0, 0.05) is 57.1 Å². The first-order valence-electron chi connectivity index (χ1n) is 13.6. The number of imidazole rings is 1. The molecular weight excluding hydrogens is 574 g/mol. The Morgan fingerprint density at radius 2 is 1.75 bits per heavy atom. The smallest absolute Gasteiger partial charge is 0.338 e. The van der Waals surface area contributed by atoms with Crippen LogP contribution >= 0.6 is 0 Å². The Bertz CT molecular complexity index is 1900. The van der Waals surface area contributed by atoms with Gasteiger partial charge in [0.15, 0.2) is 0 Å². The van der Waals surface area contributed by atoms with Gasteiger partial charge in [-0.3, -0.25) is 4.79 Å². The van der Waals surface area contributed by atoms with Crippen LogP contribution in [0.2, 0.25) is 0 Å². The number of aromatic nitrogens is 4. The van der Waals surface area contributed by atoms with E-state index >= 15 is 8.78 Å². The molecule has 228 valence electrons. The van der Waals surface area contributed by atoms with Gasteiger partial charge >= 0.3 is 5.97 Å². The van der Waals surface area contributed by atoms with Gasteiger partial charge in [0.25, 0.3) is 0 Å². The zero-order valence-corrected chi connectivity index (χ0v) is 24.6. The van der Waals surface area contributed by atoms with Crippen molar-refractivity contribution in [3.8, 4) is 22.9 Å². The zero-order valence-electron chi connectivity index (χ0n) is 24.6. The van der Waals surface area contributed by atoms with Crippen molar-refractivity contribution in [1.29, 1.82) is 0 Å². The fourth-order valence-corrected chi connectivity index (χ4v) is 4.67.